The highest BCUT2D eigenvalue weighted by atomic mass is 32.2. The van der Waals surface area contributed by atoms with E-state index in [1.807, 2.05) is 39.0 Å². The molecule has 1 aromatic heterocycles. The Morgan fingerprint density at radius 1 is 1.33 bits per heavy atom. The summed E-state index contributed by atoms with van der Waals surface area (Å²) in [5.74, 6) is 1.04. The molecule has 0 fully saturated rings. The number of aromatic nitrogens is 1. The number of benzene rings is 1. The first-order valence-electron chi connectivity index (χ1n) is 6.96. The van der Waals surface area contributed by atoms with Gasteiger partial charge in [0, 0.05) is 5.69 Å². The molecule has 0 atom stereocenters. The first-order chi connectivity index (χ1) is 10.0. The van der Waals surface area contributed by atoms with Gasteiger partial charge in [-0.25, -0.2) is 4.98 Å². The SMILES string of the molecule is CCc1cccc(C)c1NC(=O)CSc1nc(C)c(C)o1. The van der Waals surface area contributed by atoms with Gasteiger partial charge in [0.2, 0.25) is 5.91 Å². The van der Waals surface area contributed by atoms with E-state index < -0.39 is 0 Å². The summed E-state index contributed by atoms with van der Waals surface area (Å²) in [6.07, 6.45) is 0.891. The van der Waals surface area contributed by atoms with E-state index in [0.717, 1.165) is 34.7 Å². The second kappa shape index (κ2) is 6.80. The Balaban J connectivity index is 1.99. The molecule has 1 N–H and O–H groups in total. The first kappa shape index (κ1) is 15.6. The van der Waals surface area contributed by atoms with Crippen molar-refractivity contribution in [1.29, 1.82) is 0 Å². The van der Waals surface area contributed by atoms with Crippen molar-refractivity contribution in [2.75, 3.05) is 11.1 Å². The van der Waals surface area contributed by atoms with E-state index in [0.29, 0.717) is 5.22 Å². The quantitative estimate of drug-likeness (QED) is 0.851. The zero-order valence-electron chi connectivity index (χ0n) is 12.8. The molecule has 0 saturated heterocycles. The number of hydrogen-bond donors (Lipinski definition) is 1. The second-order valence-electron chi connectivity index (χ2n) is 4.92. The molecule has 0 aliphatic carbocycles. The minimum absolute atomic E-state index is 0.0440. The third-order valence-corrected chi connectivity index (χ3v) is 4.17. The summed E-state index contributed by atoms with van der Waals surface area (Å²) >= 11 is 1.31. The number of para-hydroxylation sites is 1. The predicted molar refractivity (Wildman–Crippen MR) is 85.9 cm³/mol. The summed E-state index contributed by atoms with van der Waals surface area (Å²) < 4.78 is 5.46. The first-order valence-corrected chi connectivity index (χ1v) is 7.95. The maximum atomic E-state index is 12.1. The molecular formula is C16H20N2O2S. The van der Waals surface area contributed by atoms with Gasteiger partial charge in [-0.3, -0.25) is 4.79 Å². The van der Waals surface area contributed by atoms with Crippen molar-refractivity contribution in [3.8, 4) is 0 Å². The summed E-state index contributed by atoms with van der Waals surface area (Å²) in [6, 6.07) is 6.05. The van der Waals surface area contributed by atoms with Crippen LogP contribution >= 0.6 is 11.8 Å². The van der Waals surface area contributed by atoms with Crippen molar-refractivity contribution in [1.82, 2.24) is 4.98 Å². The largest absolute Gasteiger partial charge is 0.437 e. The molecule has 21 heavy (non-hydrogen) atoms. The number of thioether (sulfide) groups is 1. The molecule has 0 aliphatic rings. The van der Waals surface area contributed by atoms with Gasteiger partial charge in [0.15, 0.2) is 0 Å². The van der Waals surface area contributed by atoms with E-state index in [2.05, 4.69) is 17.2 Å². The lowest BCUT2D eigenvalue weighted by Gasteiger charge is -2.12. The van der Waals surface area contributed by atoms with Gasteiger partial charge in [-0.1, -0.05) is 36.9 Å². The number of oxazole rings is 1. The Morgan fingerprint density at radius 2 is 2.10 bits per heavy atom. The molecule has 112 valence electrons. The molecular weight excluding hydrogens is 284 g/mol. The third kappa shape index (κ3) is 3.88. The smallest absolute Gasteiger partial charge is 0.256 e. The number of carbonyl (C=O) groups is 1. The van der Waals surface area contributed by atoms with Gasteiger partial charge in [0.05, 0.1) is 11.4 Å². The monoisotopic (exact) mass is 304 g/mol. The lowest BCUT2D eigenvalue weighted by atomic mass is 10.1. The number of amides is 1. The Labute approximate surface area is 129 Å². The molecule has 0 radical (unpaired) electrons. The molecule has 1 aromatic carbocycles. The van der Waals surface area contributed by atoms with E-state index in [4.69, 9.17) is 4.42 Å². The fourth-order valence-corrected chi connectivity index (χ4v) is 2.72. The van der Waals surface area contributed by atoms with E-state index in [1.54, 1.807) is 0 Å². The minimum Gasteiger partial charge on any atom is -0.437 e. The number of anilines is 1. The van der Waals surface area contributed by atoms with E-state index >= 15 is 0 Å². The van der Waals surface area contributed by atoms with Crippen molar-refractivity contribution < 1.29 is 9.21 Å². The summed E-state index contributed by atoms with van der Waals surface area (Å²) in [5, 5.41) is 3.53. The highest BCUT2D eigenvalue weighted by Gasteiger charge is 2.12. The van der Waals surface area contributed by atoms with Crippen LogP contribution in [-0.4, -0.2) is 16.6 Å². The van der Waals surface area contributed by atoms with Crippen molar-refractivity contribution >= 4 is 23.4 Å². The summed E-state index contributed by atoms with van der Waals surface area (Å²) in [5.41, 5.74) is 4.02. The van der Waals surface area contributed by atoms with Crippen molar-refractivity contribution in [3.05, 3.63) is 40.8 Å². The molecule has 0 spiro atoms. The zero-order chi connectivity index (χ0) is 15.4. The fraction of sp³-hybridized carbons (Fsp3) is 0.375. The Bertz CT molecular complexity index is 630. The van der Waals surface area contributed by atoms with Gasteiger partial charge in [-0.15, -0.1) is 0 Å². The van der Waals surface area contributed by atoms with E-state index in [1.165, 1.54) is 11.8 Å². The van der Waals surface area contributed by atoms with Crippen LogP contribution in [0.4, 0.5) is 5.69 Å². The van der Waals surface area contributed by atoms with Crippen LogP contribution in [0, 0.1) is 20.8 Å². The molecule has 0 unspecified atom stereocenters. The zero-order valence-corrected chi connectivity index (χ0v) is 13.6. The van der Waals surface area contributed by atoms with Crippen molar-refractivity contribution in [2.24, 2.45) is 0 Å². The summed E-state index contributed by atoms with van der Waals surface area (Å²) in [7, 11) is 0. The summed E-state index contributed by atoms with van der Waals surface area (Å²) in [6.45, 7) is 7.84. The third-order valence-electron chi connectivity index (χ3n) is 3.34. The lowest BCUT2D eigenvalue weighted by Crippen LogP contribution is -2.16. The molecule has 2 aromatic rings. The van der Waals surface area contributed by atoms with E-state index in [-0.39, 0.29) is 11.7 Å². The number of carbonyl (C=O) groups excluding carboxylic acids is 1. The molecule has 0 bridgehead atoms. The van der Waals surface area contributed by atoms with Gasteiger partial charge in [0.25, 0.3) is 5.22 Å². The maximum Gasteiger partial charge on any atom is 0.256 e. The summed E-state index contributed by atoms with van der Waals surface area (Å²) in [4.78, 5) is 16.4. The van der Waals surface area contributed by atoms with Crippen molar-refractivity contribution in [3.63, 3.8) is 0 Å². The van der Waals surface area contributed by atoms with Gasteiger partial charge >= 0.3 is 0 Å². The Kier molecular flexibility index (Phi) is 5.07. The van der Waals surface area contributed by atoms with Crippen LogP contribution in [0.1, 0.15) is 29.5 Å². The van der Waals surface area contributed by atoms with Gasteiger partial charge in [0.1, 0.15) is 5.76 Å². The Morgan fingerprint density at radius 3 is 2.71 bits per heavy atom. The second-order valence-corrected chi connectivity index (χ2v) is 5.85. The van der Waals surface area contributed by atoms with Gasteiger partial charge in [-0.05, 0) is 38.3 Å². The minimum atomic E-state index is -0.0440. The normalized spacial score (nSPS) is 10.7. The predicted octanol–water partition coefficient (Wildman–Crippen LogP) is 3.89. The number of nitrogens with zero attached hydrogens (tertiary/aromatic N) is 1. The van der Waals surface area contributed by atoms with Gasteiger partial charge < -0.3 is 9.73 Å². The molecule has 0 aliphatic heterocycles. The highest BCUT2D eigenvalue weighted by Crippen LogP contribution is 2.23. The molecule has 5 heteroatoms. The number of nitrogens with one attached hydrogen (secondary N) is 1. The van der Waals surface area contributed by atoms with Crippen LogP contribution in [0.25, 0.3) is 0 Å². The van der Waals surface area contributed by atoms with Crippen LogP contribution in [-0.2, 0) is 11.2 Å². The van der Waals surface area contributed by atoms with Crippen LogP contribution in [0.3, 0.4) is 0 Å². The highest BCUT2D eigenvalue weighted by molar-refractivity contribution is 7.99. The maximum absolute atomic E-state index is 12.1. The lowest BCUT2D eigenvalue weighted by molar-refractivity contribution is -0.113. The topological polar surface area (TPSA) is 55.1 Å². The van der Waals surface area contributed by atoms with Crippen LogP contribution in [0.2, 0.25) is 0 Å². The average Bonchev–Trinajstić information content (AvgIpc) is 2.78. The van der Waals surface area contributed by atoms with Gasteiger partial charge in [-0.2, -0.15) is 0 Å². The molecule has 4 nitrogen and oxygen atoms in total. The number of hydrogen-bond acceptors (Lipinski definition) is 4. The standard InChI is InChI=1S/C16H20N2O2S/c1-5-13-8-6-7-10(2)15(13)18-14(19)9-21-16-17-11(3)12(4)20-16/h6-8H,5,9H2,1-4H3,(H,18,19). The molecule has 1 amide bonds. The van der Waals surface area contributed by atoms with E-state index in [9.17, 15) is 4.79 Å². The molecule has 2 rings (SSSR count). The Hall–Kier alpha value is -1.75. The fourth-order valence-electron chi connectivity index (χ4n) is 2.01. The average molecular weight is 304 g/mol. The number of rotatable bonds is 5. The van der Waals surface area contributed by atoms with Crippen LogP contribution < -0.4 is 5.32 Å². The number of aryl methyl sites for hydroxylation is 4. The molecule has 0 saturated carbocycles. The van der Waals surface area contributed by atoms with Crippen LogP contribution in [0.5, 0.6) is 0 Å². The molecule has 1 heterocycles. The van der Waals surface area contributed by atoms with Crippen LogP contribution in [0.15, 0.2) is 27.8 Å². The van der Waals surface area contributed by atoms with Crippen molar-refractivity contribution in [2.45, 2.75) is 39.3 Å².